The van der Waals surface area contributed by atoms with E-state index in [1.165, 1.54) is 0 Å². The van der Waals surface area contributed by atoms with Crippen LogP contribution in [-0.2, 0) is 6.54 Å². The van der Waals surface area contributed by atoms with Crippen molar-refractivity contribution in [1.82, 2.24) is 10.2 Å². The first-order valence-electron chi connectivity index (χ1n) is 7.68. The number of nitrogens with one attached hydrogen (secondary N) is 1. The standard InChI is InChI=1S/C17H21ClN4O3.HI/c1-20-17(21-11-14-7-8-15(25-14)16(19)23)22(2)9-10-24-13-5-3-12(18)4-6-13;/h3-8H,9-11H2,1-2H3,(H2,19,23)(H,20,21);1H. The summed E-state index contributed by atoms with van der Waals surface area (Å²) in [7, 11) is 3.59. The fourth-order valence-corrected chi connectivity index (χ4v) is 2.22. The van der Waals surface area contributed by atoms with Gasteiger partial charge in [0.25, 0.3) is 5.91 Å². The summed E-state index contributed by atoms with van der Waals surface area (Å²) in [5, 5.41) is 3.82. The van der Waals surface area contributed by atoms with Gasteiger partial charge in [0, 0.05) is 19.1 Å². The van der Waals surface area contributed by atoms with Crippen LogP contribution in [0.15, 0.2) is 45.8 Å². The molecule has 3 N–H and O–H groups in total. The second-order valence-corrected chi connectivity index (χ2v) is 5.69. The summed E-state index contributed by atoms with van der Waals surface area (Å²) >= 11 is 5.84. The van der Waals surface area contributed by atoms with E-state index in [9.17, 15) is 4.79 Å². The zero-order valence-electron chi connectivity index (χ0n) is 14.6. The predicted octanol–water partition coefficient (Wildman–Crippen LogP) is 2.74. The van der Waals surface area contributed by atoms with Crippen LogP contribution in [-0.4, -0.2) is 44.0 Å². The van der Waals surface area contributed by atoms with Crippen LogP contribution in [0.1, 0.15) is 16.3 Å². The molecule has 142 valence electrons. The first-order valence-corrected chi connectivity index (χ1v) is 8.06. The van der Waals surface area contributed by atoms with Crippen molar-refractivity contribution in [2.75, 3.05) is 27.2 Å². The largest absolute Gasteiger partial charge is 0.492 e. The number of furan rings is 1. The maximum absolute atomic E-state index is 11.0. The van der Waals surface area contributed by atoms with E-state index >= 15 is 0 Å². The average Bonchev–Trinajstić information content (AvgIpc) is 3.06. The van der Waals surface area contributed by atoms with Crippen molar-refractivity contribution in [2.45, 2.75) is 6.54 Å². The number of nitrogens with two attached hydrogens (primary N) is 1. The van der Waals surface area contributed by atoms with Crippen LogP contribution in [0.4, 0.5) is 0 Å². The molecule has 1 heterocycles. The molecule has 0 fully saturated rings. The molecule has 26 heavy (non-hydrogen) atoms. The Morgan fingerprint density at radius 1 is 1.31 bits per heavy atom. The quantitative estimate of drug-likeness (QED) is 0.352. The third-order valence-corrected chi connectivity index (χ3v) is 3.66. The number of hydrogen-bond donors (Lipinski definition) is 2. The smallest absolute Gasteiger partial charge is 0.284 e. The summed E-state index contributed by atoms with van der Waals surface area (Å²) in [6.45, 7) is 1.51. The fraction of sp³-hybridized carbons (Fsp3) is 0.294. The summed E-state index contributed by atoms with van der Waals surface area (Å²) in [4.78, 5) is 17.2. The Bertz CT molecular complexity index is 734. The Hall–Kier alpha value is -1.94. The minimum atomic E-state index is -0.591. The summed E-state index contributed by atoms with van der Waals surface area (Å²) < 4.78 is 11.0. The van der Waals surface area contributed by atoms with Crippen molar-refractivity contribution < 1.29 is 13.9 Å². The van der Waals surface area contributed by atoms with Crippen molar-refractivity contribution >= 4 is 47.4 Å². The van der Waals surface area contributed by atoms with Gasteiger partial charge in [-0.2, -0.15) is 0 Å². The van der Waals surface area contributed by atoms with Gasteiger partial charge in [-0.1, -0.05) is 11.6 Å². The molecule has 9 heteroatoms. The number of carbonyl (C=O) groups excluding carboxylic acids is 1. The topological polar surface area (TPSA) is 93.1 Å². The molecular weight excluding hydrogens is 471 g/mol. The number of ether oxygens (including phenoxy) is 1. The highest BCUT2D eigenvalue weighted by Crippen LogP contribution is 2.15. The summed E-state index contributed by atoms with van der Waals surface area (Å²) in [6.07, 6.45) is 0. The number of aliphatic imine (C=N–C) groups is 1. The second kappa shape index (κ2) is 10.9. The number of rotatable bonds is 7. The maximum atomic E-state index is 11.0. The molecule has 7 nitrogen and oxygen atoms in total. The molecule has 0 atom stereocenters. The third kappa shape index (κ3) is 6.75. The van der Waals surface area contributed by atoms with Gasteiger partial charge in [0.2, 0.25) is 0 Å². The molecule has 0 aliphatic rings. The van der Waals surface area contributed by atoms with Crippen LogP contribution in [0.5, 0.6) is 5.75 Å². The molecule has 0 bridgehead atoms. The third-order valence-electron chi connectivity index (χ3n) is 3.41. The lowest BCUT2D eigenvalue weighted by molar-refractivity contribution is 0.0972. The molecule has 0 saturated carbocycles. The van der Waals surface area contributed by atoms with E-state index in [-0.39, 0.29) is 29.7 Å². The number of guanidine groups is 1. The lowest BCUT2D eigenvalue weighted by Gasteiger charge is -2.21. The molecular formula is C17H22ClIN4O3. The van der Waals surface area contributed by atoms with Gasteiger partial charge in [-0.3, -0.25) is 9.79 Å². The van der Waals surface area contributed by atoms with Crippen LogP contribution in [0, 0.1) is 0 Å². The highest BCUT2D eigenvalue weighted by Gasteiger charge is 2.10. The minimum Gasteiger partial charge on any atom is -0.492 e. The van der Waals surface area contributed by atoms with Gasteiger partial charge in [0.1, 0.15) is 18.1 Å². The van der Waals surface area contributed by atoms with Crippen molar-refractivity contribution in [3.05, 3.63) is 52.9 Å². The number of halogens is 2. The number of likely N-dealkylation sites (N-methyl/N-ethyl adjacent to an activating group) is 1. The Balaban J connectivity index is 0.00000338. The number of hydrogen-bond acceptors (Lipinski definition) is 4. The summed E-state index contributed by atoms with van der Waals surface area (Å²) in [5.41, 5.74) is 5.16. The average molecular weight is 493 g/mol. The first-order chi connectivity index (χ1) is 12.0. The van der Waals surface area contributed by atoms with Crippen molar-refractivity contribution in [1.29, 1.82) is 0 Å². The number of carbonyl (C=O) groups is 1. The maximum Gasteiger partial charge on any atom is 0.284 e. The normalized spacial score (nSPS) is 10.8. The summed E-state index contributed by atoms with van der Waals surface area (Å²) in [6, 6.07) is 10.5. The van der Waals surface area contributed by atoms with Crippen LogP contribution in [0.2, 0.25) is 5.02 Å². The van der Waals surface area contributed by atoms with Crippen molar-refractivity contribution in [3.63, 3.8) is 0 Å². The number of benzene rings is 1. The molecule has 2 rings (SSSR count). The molecule has 0 spiro atoms. The van der Waals surface area contributed by atoms with E-state index in [1.54, 1.807) is 31.3 Å². The Labute approximate surface area is 174 Å². The molecule has 1 amide bonds. The first kappa shape index (κ1) is 22.1. The Morgan fingerprint density at radius 2 is 2.00 bits per heavy atom. The van der Waals surface area contributed by atoms with E-state index in [0.717, 1.165) is 5.75 Å². The highest BCUT2D eigenvalue weighted by atomic mass is 127. The van der Waals surface area contributed by atoms with Crippen LogP contribution in [0.3, 0.4) is 0 Å². The SMILES string of the molecule is CN=C(NCc1ccc(C(N)=O)o1)N(C)CCOc1ccc(Cl)cc1.I. The van der Waals surface area contributed by atoms with Gasteiger partial charge >= 0.3 is 0 Å². The van der Waals surface area contributed by atoms with Gasteiger partial charge in [-0.25, -0.2) is 0 Å². The molecule has 0 aliphatic heterocycles. The van der Waals surface area contributed by atoms with Gasteiger partial charge < -0.3 is 25.1 Å². The van der Waals surface area contributed by atoms with Gasteiger partial charge in [-0.05, 0) is 36.4 Å². The number of nitrogens with zero attached hydrogens (tertiary/aromatic N) is 2. The fourth-order valence-electron chi connectivity index (χ4n) is 2.09. The Morgan fingerprint density at radius 3 is 2.58 bits per heavy atom. The van der Waals surface area contributed by atoms with Crippen molar-refractivity contribution in [3.8, 4) is 5.75 Å². The number of amides is 1. The predicted molar refractivity (Wildman–Crippen MR) is 112 cm³/mol. The highest BCUT2D eigenvalue weighted by molar-refractivity contribution is 14.0. The van der Waals surface area contributed by atoms with Crippen LogP contribution in [0.25, 0.3) is 0 Å². The van der Waals surface area contributed by atoms with E-state index in [2.05, 4.69) is 10.3 Å². The zero-order valence-corrected chi connectivity index (χ0v) is 17.7. The molecule has 1 aromatic heterocycles. The van der Waals surface area contributed by atoms with Crippen LogP contribution < -0.4 is 15.8 Å². The van der Waals surface area contributed by atoms with Gasteiger partial charge in [0.05, 0.1) is 13.1 Å². The van der Waals surface area contributed by atoms with E-state index < -0.39 is 5.91 Å². The zero-order chi connectivity index (χ0) is 18.2. The van der Waals surface area contributed by atoms with Gasteiger partial charge in [0.15, 0.2) is 11.7 Å². The summed E-state index contributed by atoms with van der Waals surface area (Å²) in [5.74, 6) is 1.58. The molecule has 0 aliphatic carbocycles. The molecule has 0 saturated heterocycles. The lowest BCUT2D eigenvalue weighted by Crippen LogP contribution is -2.40. The van der Waals surface area contributed by atoms with E-state index in [4.69, 9.17) is 26.5 Å². The second-order valence-electron chi connectivity index (χ2n) is 5.25. The van der Waals surface area contributed by atoms with E-state index in [0.29, 0.717) is 36.4 Å². The Kier molecular flexibility index (Phi) is 9.28. The van der Waals surface area contributed by atoms with Crippen molar-refractivity contribution in [2.24, 2.45) is 10.7 Å². The number of primary amides is 1. The minimum absolute atomic E-state index is 0. The van der Waals surface area contributed by atoms with E-state index in [1.807, 2.05) is 24.1 Å². The molecule has 2 aromatic rings. The van der Waals surface area contributed by atoms with Crippen LogP contribution >= 0.6 is 35.6 Å². The molecule has 0 radical (unpaired) electrons. The lowest BCUT2D eigenvalue weighted by atomic mass is 10.3. The monoisotopic (exact) mass is 492 g/mol. The molecule has 1 aromatic carbocycles. The van der Waals surface area contributed by atoms with Gasteiger partial charge in [-0.15, -0.1) is 24.0 Å². The molecule has 0 unspecified atom stereocenters.